The Morgan fingerprint density at radius 1 is 1.22 bits per heavy atom. The Kier molecular flexibility index (Phi) is 4.49. The first-order valence-electron chi connectivity index (χ1n) is 8.49. The molecular weight excluding hydrogens is 362 g/mol. The minimum absolute atomic E-state index is 0.0344. The molecule has 1 aromatic heterocycles. The van der Waals surface area contributed by atoms with Gasteiger partial charge in [0.25, 0.3) is 0 Å². The molecule has 0 spiro atoms. The molecule has 4 rings (SSSR count). The molecule has 0 fully saturated rings. The van der Waals surface area contributed by atoms with Gasteiger partial charge in [-0.15, -0.1) is 5.10 Å². The number of thioether (sulfide) groups is 1. The monoisotopic (exact) mass is 379 g/mol. The van der Waals surface area contributed by atoms with Gasteiger partial charge in [-0.1, -0.05) is 29.5 Å². The van der Waals surface area contributed by atoms with Gasteiger partial charge in [0.2, 0.25) is 11.1 Å². The fourth-order valence-electron chi connectivity index (χ4n) is 2.92. The molecule has 136 valence electrons. The van der Waals surface area contributed by atoms with Crippen LogP contribution in [0.4, 0.5) is 5.69 Å². The topological polar surface area (TPSA) is 89.8 Å². The molecule has 1 N–H and O–H groups in total. The molecule has 1 aliphatic heterocycles. The van der Waals surface area contributed by atoms with E-state index < -0.39 is 0 Å². The second-order valence-electron chi connectivity index (χ2n) is 6.43. The van der Waals surface area contributed by atoms with Crippen LogP contribution in [0.5, 0.6) is 0 Å². The Bertz CT molecular complexity index is 1030. The Labute approximate surface area is 160 Å². The van der Waals surface area contributed by atoms with Gasteiger partial charge in [-0.3, -0.25) is 9.59 Å². The van der Waals surface area contributed by atoms with Gasteiger partial charge in [0.05, 0.1) is 17.4 Å². The summed E-state index contributed by atoms with van der Waals surface area (Å²) in [6.07, 6.45) is 0. The lowest BCUT2D eigenvalue weighted by Gasteiger charge is -2.06. The van der Waals surface area contributed by atoms with Crippen LogP contribution in [0.3, 0.4) is 0 Å². The molecule has 8 heteroatoms. The first-order valence-corrected chi connectivity index (χ1v) is 9.48. The molecule has 0 radical (unpaired) electrons. The van der Waals surface area contributed by atoms with Gasteiger partial charge < -0.3 is 5.32 Å². The van der Waals surface area contributed by atoms with Crippen LogP contribution < -0.4 is 5.32 Å². The lowest BCUT2D eigenvalue weighted by molar-refractivity contribution is -0.116. The second kappa shape index (κ2) is 6.96. The summed E-state index contributed by atoms with van der Waals surface area (Å²) in [5, 5.41) is 15.1. The number of rotatable bonds is 5. The van der Waals surface area contributed by atoms with Crippen molar-refractivity contribution in [1.82, 2.24) is 20.2 Å². The van der Waals surface area contributed by atoms with Crippen molar-refractivity contribution in [3.63, 3.8) is 0 Å². The molecule has 0 aliphatic carbocycles. The number of fused-ring (bicyclic) bond motifs is 1. The summed E-state index contributed by atoms with van der Waals surface area (Å²) in [5.74, 6) is -0.107. The summed E-state index contributed by atoms with van der Waals surface area (Å²) in [4.78, 5) is 24.4. The maximum absolute atomic E-state index is 12.6. The number of carbonyl (C=O) groups excluding carboxylic acids is 2. The number of carbonyl (C=O) groups is 2. The summed E-state index contributed by atoms with van der Waals surface area (Å²) in [6, 6.07) is 13.2. The number of hydrogen-bond donors (Lipinski definition) is 1. The summed E-state index contributed by atoms with van der Waals surface area (Å²) in [7, 11) is 0. The smallest absolute Gasteiger partial charge is 0.231 e. The Morgan fingerprint density at radius 3 is 2.78 bits per heavy atom. The van der Waals surface area contributed by atoms with Crippen LogP contribution in [-0.4, -0.2) is 37.7 Å². The third-order valence-corrected chi connectivity index (χ3v) is 5.46. The van der Waals surface area contributed by atoms with Crippen LogP contribution in [-0.2, 0) is 4.79 Å². The standard InChI is InChI=1S/C19H17N5O2S/c1-11-3-6-14(7-4-11)24-19(21-22-23-24)27-10-17(25)13-5-8-16-15(9-13)12(2)18(26)20-16/h3-9,12H,10H2,1-2H3,(H,20,26)/t12-/m1/s1. The number of aromatic nitrogens is 4. The first kappa shape index (κ1) is 17.4. The molecule has 0 saturated carbocycles. The minimum Gasteiger partial charge on any atom is -0.325 e. The third-order valence-electron chi connectivity index (χ3n) is 4.54. The molecular formula is C19H17N5O2S. The van der Waals surface area contributed by atoms with E-state index in [4.69, 9.17) is 0 Å². The molecule has 2 aromatic carbocycles. The number of aryl methyl sites for hydroxylation is 1. The molecule has 1 amide bonds. The maximum atomic E-state index is 12.6. The van der Waals surface area contributed by atoms with Crippen molar-refractivity contribution in [1.29, 1.82) is 0 Å². The quantitative estimate of drug-likeness (QED) is 0.541. The van der Waals surface area contributed by atoms with E-state index in [9.17, 15) is 9.59 Å². The van der Waals surface area contributed by atoms with E-state index in [0.29, 0.717) is 10.7 Å². The first-order chi connectivity index (χ1) is 13.0. The summed E-state index contributed by atoms with van der Waals surface area (Å²) in [5.41, 5.74) is 4.21. The SMILES string of the molecule is Cc1ccc(-n2nnnc2SCC(=O)c2ccc3c(c2)[C@@H](C)C(=O)N3)cc1. The van der Waals surface area contributed by atoms with Gasteiger partial charge >= 0.3 is 0 Å². The number of tetrazole rings is 1. The maximum Gasteiger partial charge on any atom is 0.231 e. The van der Waals surface area contributed by atoms with E-state index in [1.165, 1.54) is 11.8 Å². The van der Waals surface area contributed by atoms with Crippen molar-refractivity contribution in [2.45, 2.75) is 24.9 Å². The van der Waals surface area contributed by atoms with Gasteiger partial charge in [0, 0.05) is 11.3 Å². The molecule has 0 unspecified atom stereocenters. The van der Waals surface area contributed by atoms with Crippen LogP contribution in [0.25, 0.3) is 5.69 Å². The molecule has 27 heavy (non-hydrogen) atoms. The number of amides is 1. The van der Waals surface area contributed by atoms with Crippen molar-refractivity contribution in [2.24, 2.45) is 0 Å². The predicted molar refractivity (Wildman–Crippen MR) is 102 cm³/mol. The molecule has 1 aliphatic rings. The van der Waals surface area contributed by atoms with Gasteiger partial charge in [0.1, 0.15) is 0 Å². The highest BCUT2D eigenvalue weighted by atomic mass is 32.2. The highest BCUT2D eigenvalue weighted by Crippen LogP contribution is 2.33. The lowest BCUT2D eigenvalue weighted by atomic mass is 9.99. The van der Waals surface area contributed by atoms with Crippen molar-refractivity contribution in [2.75, 3.05) is 11.1 Å². The lowest BCUT2D eigenvalue weighted by Crippen LogP contribution is -2.08. The molecule has 0 bridgehead atoms. The number of ketones is 1. The van der Waals surface area contributed by atoms with Gasteiger partial charge in [-0.25, -0.2) is 0 Å². The zero-order chi connectivity index (χ0) is 19.0. The van der Waals surface area contributed by atoms with Crippen LogP contribution in [0.15, 0.2) is 47.6 Å². The zero-order valence-electron chi connectivity index (χ0n) is 14.8. The van der Waals surface area contributed by atoms with Crippen LogP contribution >= 0.6 is 11.8 Å². The van der Waals surface area contributed by atoms with E-state index in [-0.39, 0.29) is 23.4 Å². The van der Waals surface area contributed by atoms with E-state index in [1.54, 1.807) is 22.9 Å². The Morgan fingerprint density at radius 2 is 2.00 bits per heavy atom. The van der Waals surface area contributed by atoms with E-state index in [1.807, 2.05) is 38.1 Å². The second-order valence-corrected chi connectivity index (χ2v) is 7.38. The van der Waals surface area contributed by atoms with Crippen LogP contribution in [0, 0.1) is 6.92 Å². The average molecular weight is 379 g/mol. The van der Waals surface area contributed by atoms with Crippen LogP contribution in [0.2, 0.25) is 0 Å². The van der Waals surface area contributed by atoms with Crippen molar-refractivity contribution in [3.8, 4) is 5.69 Å². The number of Topliss-reactive ketones (excluding diaryl/α,β-unsaturated/α-hetero) is 1. The van der Waals surface area contributed by atoms with Gasteiger partial charge in [-0.05, 0) is 60.2 Å². The molecule has 7 nitrogen and oxygen atoms in total. The molecule has 1 atom stereocenters. The normalized spacial score (nSPS) is 15.5. The third kappa shape index (κ3) is 3.35. The Balaban J connectivity index is 1.49. The van der Waals surface area contributed by atoms with Crippen molar-refractivity contribution >= 4 is 29.1 Å². The largest absolute Gasteiger partial charge is 0.325 e. The highest BCUT2D eigenvalue weighted by Gasteiger charge is 2.27. The van der Waals surface area contributed by atoms with E-state index in [0.717, 1.165) is 22.5 Å². The number of hydrogen-bond acceptors (Lipinski definition) is 6. The minimum atomic E-state index is -0.241. The fraction of sp³-hybridized carbons (Fsp3) is 0.211. The summed E-state index contributed by atoms with van der Waals surface area (Å²) in [6.45, 7) is 3.85. The van der Waals surface area contributed by atoms with E-state index >= 15 is 0 Å². The zero-order valence-corrected chi connectivity index (χ0v) is 15.7. The molecule has 3 aromatic rings. The summed E-state index contributed by atoms with van der Waals surface area (Å²) >= 11 is 1.29. The van der Waals surface area contributed by atoms with Crippen molar-refractivity contribution in [3.05, 3.63) is 59.2 Å². The van der Waals surface area contributed by atoms with Gasteiger partial charge in [-0.2, -0.15) is 4.68 Å². The van der Waals surface area contributed by atoms with E-state index in [2.05, 4.69) is 20.8 Å². The van der Waals surface area contributed by atoms with Crippen molar-refractivity contribution < 1.29 is 9.59 Å². The molecule has 0 saturated heterocycles. The van der Waals surface area contributed by atoms with Crippen LogP contribution in [0.1, 0.15) is 34.3 Å². The highest BCUT2D eigenvalue weighted by molar-refractivity contribution is 7.99. The molecule has 2 heterocycles. The summed E-state index contributed by atoms with van der Waals surface area (Å²) < 4.78 is 1.62. The Hall–Kier alpha value is -3.00. The number of benzene rings is 2. The predicted octanol–water partition coefficient (Wildman–Crippen LogP) is 3.00. The number of nitrogens with zero attached hydrogens (tertiary/aromatic N) is 4. The number of nitrogens with one attached hydrogen (secondary N) is 1. The number of anilines is 1. The fourth-order valence-corrected chi connectivity index (χ4v) is 3.71. The average Bonchev–Trinajstić information content (AvgIpc) is 3.25. The van der Waals surface area contributed by atoms with Gasteiger partial charge in [0.15, 0.2) is 5.78 Å².